The van der Waals surface area contributed by atoms with Gasteiger partial charge in [0, 0.05) is 0 Å². The second-order valence-electron chi connectivity index (χ2n) is 0.243. The van der Waals surface area contributed by atoms with Gasteiger partial charge in [0.2, 0.25) is 0 Å². The standard InChI is InChI=1S/CHO2.Fe/c2-1-3;/h(H,2,3);. The second-order valence-corrected chi connectivity index (χ2v) is 0.715. The van der Waals surface area contributed by atoms with E-state index in [1.165, 1.54) is 0 Å². The van der Waals surface area contributed by atoms with Crippen molar-refractivity contribution in [3.05, 3.63) is 0 Å². The molecule has 0 aromatic carbocycles. The topological polar surface area (TPSA) is 37.3 Å². The van der Waals surface area contributed by atoms with Crippen LogP contribution in [0.5, 0.6) is 0 Å². The molecule has 0 aliphatic carbocycles. The Bertz CT molecular complexity index is 29.0. The molecule has 0 fully saturated rings. The van der Waals surface area contributed by atoms with Crippen LogP contribution in [0.4, 0.5) is 4.79 Å². The van der Waals surface area contributed by atoms with E-state index in [1.54, 1.807) is 0 Å². The Morgan fingerprint density at radius 1 is 2.00 bits per heavy atom. The number of carbonyl (C=O) groups is 1. The number of carboxylic acid groups (broad SMARTS) is 1. The van der Waals surface area contributed by atoms with Crippen LogP contribution in [0, 0.1) is 0 Å². The maximum atomic E-state index is 8.89. The van der Waals surface area contributed by atoms with Crippen molar-refractivity contribution < 1.29 is 25.9 Å². The van der Waals surface area contributed by atoms with Crippen molar-refractivity contribution in [3.8, 4) is 0 Å². The zero-order chi connectivity index (χ0) is 3.58. The molecule has 0 heterocycles. The summed E-state index contributed by atoms with van der Waals surface area (Å²) in [6.07, 6.45) is 0. The Labute approximate surface area is 31.6 Å². The molecular weight excluding hydrogens is 99.9 g/mol. The van der Waals surface area contributed by atoms with Gasteiger partial charge in [0.05, 0.1) is 0 Å². The second kappa shape index (κ2) is 1.32. The van der Waals surface area contributed by atoms with Gasteiger partial charge in [0.1, 0.15) is 0 Å². The van der Waals surface area contributed by atoms with E-state index >= 15 is 0 Å². The first-order valence-corrected chi connectivity index (χ1v) is 1.16. The van der Waals surface area contributed by atoms with Crippen molar-refractivity contribution in [2.75, 3.05) is 0 Å². The molecule has 0 amide bonds. The van der Waals surface area contributed by atoms with E-state index in [1.807, 2.05) is 0 Å². The first kappa shape index (κ1) is 3.99. The molecular formula is CHFeO2. The van der Waals surface area contributed by atoms with Crippen LogP contribution in [0.3, 0.4) is 0 Å². The molecule has 1 N–H and O–H groups in total. The summed E-state index contributed by atoms with van der Waals surface area (Å²) in [5.41, 5.74) is 0. The van der Waals surface area contributed by atoms with E-state index in [4.69, 9.17) is 9.90 Å². The predicted molar refractivity (Wildman–Crippen MR) is 8.02 cm³/mol. The molecule has 0 aromatic heterocycles. The van der Waals surface area contributed by atoms with Crippen LogP contribution >= 0.6 is 0 Å². The number of hydrogen-bond donors (Lipinski definition) is 1. The third kappa shape index (κ3) is 17600. The molecule has 0 aromatic rings. The Hall–Kier alpha value is -0.0105. The first-order chi connectivity index (χ1) is 1.73. The van der Waals surface area contributed by atoms with Gasteiger partial charge in [-0.25, -0.2) is 0 Å². The monoisotopic (exact) mass is 101 g/mol. The van der Waals surface area contributed by atoms with E-state index in [-0.39, 0.29) is 0 Å². The van der Waals surface area contributed by atoms with Crippen molar-refractivity contribution in [2.45, 2.75) is 0 Å². The van der Waals surface area contributed by atoms with Crippen LogP contribution in [0.1, 0.15) is 0 Å². The molecule has 0 unspecified atom stereocenters. The van der Waals surface area contributed by atoms with Crippen molar-refractivity contribution >= 4 is 4.87 Å². The van der Waals surface area contributed by atoms with Crippen LogP contribution in [-0.4, -0.2) is 9.97 Å². The normalized spacial score (nSPS) is 6.25. The van der Waals surface area contributed by atoms with Gasteiger partial charge < -0.3 is 0 Å². The van der Waals surface area contributed by atoms with Gasteiger partial charge in [0.25, 0.3) is 0 Å². The molecule has 0 atom stereocenters. The van der Waals surface area contributed by atoms with Gasteiger partial charge in [-0.05, 0) is 0 Å². The van der Waals surface area contributed by atoms with Crippen LogP contribution in [0.15, 0.2) is 0 Å². The Morgan fingerprint density at radius 3 is 2.00 bits per heavy atom. The number of hydrogen-bond acceptors (Lipinski definition) is 1. The van der Waals surface area contributed by atoms with Gasteiger partial charge in [-0.3, -0.25) is 0 Å². The van der Waals surface area contributed by atoms with Crippen molar-refractivity contribution in [2.24, 2.45) is 0 Å². The third-order valence-corrected chi connectivity index (χ3v) is 0. The fourth-order valence-electron chi connectivity index (χ4n) is 0. The molecule has 2 nitrogen and oxygen atoms in total. The van der Waals surface area contributed by atoms with Crippen molar-refractivity contribution in [1.82, 2.24) is 0 Å². The Morgan fingerprint density at radius 2 is 2.00 bits per heavy atom. The summed E-state index contributed by atoms with van der Waals surface area (Å²) in [7, 11) is 0. The Balaban J connectivity index is 2.80. The molecule has 0 saturated carbocycles. The van der Waals surface area contributed by atoms with Gasteiger partial charge in [0.15, 0.2) is 0 Å². The van der Waals surface area contributed by atoms with Crippen molar-refractivity contribution in [3.63, 3.8) is 0 Å². The zero-order valence-electron chi connectivity index (χ0n) is 1.71. The summed E-state index contributed by atoms with van der Waals surface area (Å²) >= 11 is 2.56. The minimum atomic E-state index is -1.08. The SMILES string of the molecule is O=[C](O)[Fe]. The van der Waals surface area contributed by atoms with Gasteiger partial charge >= 0.3 is 30.8 Å². The molecule has 0 aliphatic heterocycles. The van der Waals surface area contributed by atoms with E-state index in [0.717, 1.165) is 0 Å². The molecule has 0 saturated heterocycles. The minimum absolute atomic E-state index is 1.08. The van der Waals surface area contributed by atoms with Gasteiger partial charge in [-0.2, -0.15) is 0 Å². The Kier molecular flexibility index (Phi) is 1.32. The summed E-state index contributed by atoms with van der Waals surface area (Å²) in [5.74, 6) is 0. The summed E-state index contributed by atoms with van der Waals surface area (Å²) < 4.78 is 0. The first-order valence-electron chi connectivity index (χ1n) is 0.605. The van der Waals surface area contributed by atoms with Gasteiger partial charge in [-0.1, -0.05) is 0 Å². The molecule has 0 rings (SSSR count). The molecule has 4 heavy (non-hydrogen) atoms. The van der Waals surface area contributed by atoms with E-state index in [2.05, 4.69) is 16.0 Å². The summed E-state index contributed by atoms with van der Waals surface area (Å²) in [6.45, 7) is 0. The molecule has 0 aliphatic rings. The van der Waals surface area contributed by atoms with Crippen LogP contribution in [-0.2, 0) is 16.0 Å². The summed E-state index contributed by atoms with van der Waals surface area (Å²) in [6, 6.07) is 0. The molecule has 0 radical (unpaired) electrons. The predicted octanol–water partition coefficient (Wildman–Crippen LogP) is 0.211. The quantitative estimate of drug-likeness (QED) is 0.442. The third-order valence-electron chi connectivity index (χ3n) is 0. The fraction of sp³-hybridized carbons (Fsp3) is 0. The van der Waals surface area contributed by atoms with Crippen LogP contribution in [0.25, 0.3) is 0 Å². The van der Waals surface area contributed by atoms with E-state index in [9.17, 15) is 0 Å². The average molecular weight is 101 g/mol. The molecule has 25 valence electrons. The maximum absolute atomic E-state index is 8.89. The molecule has 0 spiro atoms. The van der Waals surface area contributed by atoms with Gasteiger partial charge in [-0.15, -0.1) is 0 Å². The molecule has 0 bridgehead atoms. The summed E-state index contributed by atoms with van der Waals surface area (Å²) in [5, 5.41) is 7.31. The average Bonchev–Trinajstić information content (AvgIpc) is 0.811. The van der Waals surface area contributed by atoms with Crippen molar-refractivity contribution in [1.29, 1.82) is 0 Å². The zero-order valence-corrected chi connectivity index (χ0v) is 2.81. The molecule has 3 heteroatoms. The van der Waals surface area contributed by atoms with E-state index < -0.39 is 4.87 Å². The summed E-state index contributed by atoms with van der Waals surface area (Å²) in [4.78, 5) is 7.81. The fourth-order valence-corrected chi connectivity index (χ4v) is 0. The van der Waals surface area contributed by atoms with Crippen LogP contribution in [0.2, 0.25) is 0 Å². The van der Waals surface area contributed by atoms with Crippen LogP contribution < -0.4 is 0 Å². The van der Waals surface area contributed by atoms with E-state index in [0.29, 0.717) is 0 Å². The number of rotatable bonds is 0.